The molecular formula is C21H26N4O2. The maximum Gasteiger partial charge on any atom is 0.274 e. The van der Waals surface area contributed by atoms with Crippen LogP contribution in [0, 0.1) is 0 Å². The van der Waals surface area contributed by atoms with Crippen LogP contribution in [0.15, 0.2) is 36.7 Å². The molecule has 3 heterocycles. The third-order valence-electron chi connectivity index (χ3n) is 5.51. The lowest BCUT2D eigenvalue weighted by Gasteiger charge is -2.26. The Bertz CT molecular complexity index is 798. The first-order valence-corrected chi connectivity index (χ1v) is 9.76. The Morgan fingerprint density at radius 2 is 1.89 bits per heavy atom. The van der Waals surface area contributed by atoms with E-state index < -0.39 is 0 Å². The molecule has 6 nitrogen and oxygen atoms in total. The lowest BCUT2D eigenvalue weighted by atomic mass is 10.0. The van der Waals surface area contributed by atoms with Gasteiger partial charge in [0.15, 0.2) is 0 Å². The Labute approximate surface area is 160 Å². The van der Waals surface area contributed by atoms with Gasteiger partial charge in [-0.25, -0.2) is 4.98 Å². The number of benzene rings is 1. The number of aromatic nitrogens is 2. The fraction of sp³-hybridized carbons (Fsp3) is 0.476. The van der Waals surface area contributed by atoms with Crippen LogP contribution in [0.3, 0.4) is 0 Å². The molecule has 2 aromatic rings. The number of hydrogen-bond donors (Lipinski definition) is 0. The van der Waals surface area contributed by atoms with Crippen molar-refractivity contribution in [1.82, 2.24) is 19.8 Å². The predicted octanol–water partition coefficient (Wildman–Crippen LogP) is 2.77. The van der Waals surface area contributed by atoms with Crippen molar-refractivity contribution in [1.29, 1.82) is 0 Å². The van der Waals surface area contributed by atoms with Gasteiger partial charge in [0, 0.05) is 24.7 Å². The van der Waals surface area contributed by atoms with Crippen molar-refractivity contribution in [3.05, 3.63) is 47.9 Å². The summed E-state index contributed by atoms with van der Waals surface area (Å²) in [5.74, 6) is -0.0748. The molecule has 2 aliphatic heterocycles. The van der Waals surface area contributed by atoms with E-state index in [0.717, 1.165) is 24.3 Å². The summed E-state index contributed by atoms with van der Waals surface area (Å²) in [5, 5.41) is 0. The lowest BCUT2D eigenvalue weighted by Crippen LogP contribution is -2.41. The Kier molecular flexibility index (Phi) is 5.45. The molecule has 2 fully saturated rings. The minimum Gasteiger partial charge on any atom is -0.378 e. The molecule has 27 heavy (non-hydrogen) atoms. The number of morpholine rings is 1. The highest BCUT2D eigenvalue weighted by atomic mass is 16.5. The zero-order chi connectivity index (χ0) is 18.6. The summed E-state index contributed by atoms with van der Waals surface area (Å²) in [6.07, 6.45) is 5.84. The van der Waals surface area contributed by atoms with E-state index in [0.29, 0.717) is 38.0 Å². The van der Waals surface area contributed by atoms with Gasteiger partial charge in [0.2, 0.25) is 0 Å². The Morgan fingerprint density at radius 3 is 2.67 bits per heavy atom. The summed E-state index contributed by atoms with van der Waals surface area (Å²) in [6.45, 7) is 6.95. The molecule has 0 radical (unpaired) electrons. The molecule has 4 rings (SSSR count). The van der Waals surface area contributed by atoms with Gasteiger partial charge >= 0.3 is 0 Å². The summed E-state index contributed by atoms with van der Waals surface area (Å²) >= 11 is 0. The van der Waals surface area contributed by atoms with Crippen LogP contribution in [0.4, 0.5) is 0 Å². The second-order valence-corrected chi connectivity index (χ2v) is 7.24. The van der Waals surface area contributed by atoms with Crippen molar-refractivity contribution in [2.45, 2.75) is 25.8 Å². The van der Waals surface area contributed by atoms with Crippen LogP contribution in [0.1, 0.15) is 41.9 Å². The Balaban J connectivity index is 1.56. The number of amides is 1. The molecule has 1 aromatic heterocycles. The predicted molar refractivity (Wildman–Crippen MR) is 103 cm³/mol. The molecule has 142 valence electrons. The number of likely N-dealkylation sites (tertiary alicyclic amines) is 1. The number of ether oxygens (including phenoxy) is 1. The minimum atomic E-state index is -0.0748. The van der Waals surface area contributed by atoms with Gasteiger partial charge in [-0.05, 0) is 44.5 Å². The highest BCUT2D eigenvalue weighted by Crippen LogP contribution is 2.27. The molecule has 0 N–H and O–H groups in total. The number of carbonyl (C=O) groups excluding carboxylic acids is 1. The van der Waals surface area contributed by atoms with Crippen LogP contribution in [0.2, 0.25) is 0 Å². The Morgan fingerprint density at radius 1 is 1.11 bits per heavy atom. The van der Waals surface area contributed by atoms with Gasteiger partial charge in [0.1, 0.15) is 5.69 Å². The molecule has 2 saturated heterocycles. The van der Waals surface area contributed by atoms with Crippen LogP contribution in [-0.4, -0.2) is 65.1 Å². The maximum absolute atomic E-state index is 12.7. The highest BCUT2D eigenvalue weighted by molar-refractivity contribution is 5.92. The first kappa shape index (κ1) is 18.1. The van der Waals surface area contributed by atoms with E-state index in [1.807, 2.05) is 6.07 Å². The van der Waals surface area contributed by atoms with Gasteiger partial charge in [-0.15, -0.1) is 0 Å². The van der Waals surface area contributed by atoms with Crippen molar-refractivity contribution in [3.8, 4) is 11.3 Å². The first-order chi connectivity index (χ1) is 13.2. The van der Waals surface area contributed by atoms with Gasteiger partial charge in [0.25, 0.3) is 5.91 Å². The molecule has 1 amide bonds. The van der Waals surface area contributed by atoms with Crippen LogP contribution in [0.5, 0.6) is 0 Å². The number of rotatable bonds is 4. The zero-order valence-corrected chi connectivity index (χ0v) is 15.8. The molecule has 6 heteroatoms. The lowest BCUT2D eigenvalue weighted by molar-refractivity contribution is 0.0299. The average Bonchev–Trinajstić information content (AvgIpc) is 3.28. The van der Waals surface area contributed by atoms with Crippen molar-refractivity contribution < 1.29 is 9.53 Å². The molecule has 2 aliphatic rings. The fourth-order valence-corrected chi connectivity index (χ4v) is 3.83. The smallest absolute Gasteiger partial charge is 0.274 e. The van der Waals surface area contributed by atoms with Gasteiger partial charge in [0.05, 0.1) is 31.3 Å². The molecule has 1 aromatic carbocycles. The highest BCUT2D eigenvalue weighted by Gasteiger charge is 2.22. The van der Waals surface area contributed by atoms with Crippen molar-refractivity contribution in [2.24, 2.45) is 0 Å². The van der Waals surface area contributed by atoms with E-state index in [2.05, 4.69) is 40.0 Å². The number of carbonyl (C=O) groups is 1. The van der Waals surface area contributed by atoms with E-state index in [-0.39, 0.29) is 5.91 Å². The van der Waals surface area contributed by atoms with E-state index in [1.54, 1.807) is 17.3 Å². The first-order valence-electron chi connectivity index (χ1n) is 9.76. The monoisotopic (exact) mass is 366 g/mol. The second kappa shape index (κ2) is 8.15. The van der Waals surface area contributed by atoms with E-state index >= 15 is 0 Å². The van der Waals surface area contributed by atoms with Gasteiger partial charge in [-0.1, -0.05) is 18.2 Å². The van der Waals surface area contributed by atoms with Crippen LogP contribution in [0.25, 0.3) is 11.3 Å². The minimum absolute atomic E-state index is 0.0748. The summed E-state index contributed by atoms with van der Waals surface area (Å²) in [4.78, 5) is 25.9. The molecule has 0 bridgehead atoms. The van der Waals surface area contributed by atoms with Crippen molar-refractivity contribution in [2.75, 3.05) is 39.4 Å². The van der Waals surface area contributed by atoms with Gasteiger partial charge in [-0.2, -0.15) is 0 Å². The van der Waals surface area contributed by atoms with Crippen LogP contribution in [-0.2, 0) is 4.74 Å². The quantitative estimate of drug-likeness (QED) is 0.833. The zero-order valence-electron chi connectivity index (χ0n) is 15.8. The average molecular weight is 366 g/mol. The summed E-state index contributed by atoms with van der Waals surface area (Å²) in [5.41, 5.74) is 3.42. The van der Waals surface area contributed by atoms with Crippen LogP contribution < -0.4 is 0 Å². The van der Waals surface area contributed by atoms with Crippen LogP contribution >= 0.6 is 0 Å². The SMILES string of the molecule is CC(c1cccc(-c2cncc(C(=O)N3CCOCC3)n2)c1)N1CCCC1. The second-order valence-electron chi connectivity index (χ2n) is 7.24. The van der Waals surface area contributed by atoms with Gasteiger partial charge < -0.3 is 9.64 Å². The van der Waals surface area contributed by atoms with E-state index in [9.17, 15) is 4.79 Å². The number of hydrogen-bond acceptors (Lipinski definition) is 5. The molecule has 1 atom stereocenters. The third kappa shape index (κ3) is 4.01. The molecule has 0 spiro atoms. The molecule has 1 unspecified atom stereocenters. The topological polar surface area (TPSA) is 58.6 Å². The van der Waals surface area contributed by atoms with E-state index in [4.69, 9.17) is 4.74 Å². The Hall–Kier alpha value is -2.31. The molecule has 0 saturated carbocycles. The largest absolute Gasteiger partial charge is 0.378 e. The maximum atomic E-state index is 12.7. The van der Waals surface area contributed by atoms with Crippen molar-refractivity contribution in [3.63, 3.8) is 0 Å². The molecular weight excluding hydrogens is 340 g/mol. The fourth-order valence-electron chi connectivity index (χ4n) is 3.83. The number of nitrogens with zero attached hydrogens (tertiary/aromatic N) is 4. The summed E-state index contributed by atoms with van der Waals surface area (Å²) in [6, 6.07) is 8.83. The summed E-state index contributed by atoms with van der Waals surface area (Å²) < 4.78 is 5.32. The third-order valence-corrected chi connectivity index (χ3v) is 5.51. The normalized spacial score (nSPS) is 19.2. The summed E-state index contributed by atoms with van der Waals surface area (Å²) in [7, 11) is 0. The van der Waals surface area contributed by atoms with Gasteiger partial charge in [-0.3, -0.25) is 14.7 Å². The molecule has 0 aliphatic carbocycles. The standard InChI is InChI=1S/C21H26N4O2/c1-16(24-7-2-3-8-24)17-5-4-6-18(13-17)19-14-22-15-20(23-19)21(26)25-9-11-27-12-10-25/h4-6,13-16H,2-3,7-12H2,1H3. The van der Waals surface area contributed by atoms with Crippen molar-refractivity contribution >= 4 is 5.91 Å². The van der Waals surface area contributed by atoms with E-state index in [1.165, 1.54) is 18.4 Å².